The fourth-order valence-corrected chi connectivity index (χ4v) is 2.05. The average Bonchev–Trinajstić information content (AvgIpc) is 2.46. The van der Waals surface area contributed by atoms with E-state index in [1.807, 2.05) is 0 Å². The van der Waals surface area contributed by atoms with Crippen LogP contribution in [0.25, 0.3) is 0 Å². The summed E-state index contributed by atoms with van der Waals surface area (Å²) in [5.74, 6) is 0.162. The maximum Gasteiger partial charge on any atom is 0.254 e. The Morgan fingerprint density at radius 3 is 3.05 bits per heavy atom. The molecular weight excluding hydrogens is 248 g/mol. The fraction of sp³-hybridized carbons (Fsp3) is 0.462. The van der Waals surface area contributed by atoms with Crippen LogP contribution in [0.15, 0.2) is 18.2 Å². The van der Waals surface area contributed by atoms with Crippen molar-refractivity contribution in [3.63, 3.8) is 0 Å². The lowest BCUT2D eigenvalue weighted by molar-refractivity contribution is -0.0167. The zero-order valence-electron chi connectivity index (χ0n) is 10.8. The zero-order valence-corrected chi connectivity index (χ0v) is 10.8. The van der Waals surface area contributed by atoms with Gasteiger partial charge in [-0.15, -0.1) is 0 Å². The normalized spacial score (nSPS) is 19.3. The molecule has 1 unspecified atom stereocenters. The van der Waals surface area contributed by atoms with Crippen LogP contribution in [-0.2, 0) is 4.74 Å². The van der Waals surface area contributed by atoms with E-state index in [1.165, 1.54) is 13.2 Å². The van der Waals surface area contributed by atoms with Gasteiger partial charge in [0.15, 0.2) is 11.5 Å². The number of hydrogen-bond donors (Lipinski definition) is 2. The minimum Gasteiger partial charge on any atom is -0.504 e. The molecule has 1 aromatic rings. The van der Waals surface area contributed by atoms with Crippen LogP contribution in [-0.4, -0.2) is 55.4 Å². The Hall–Kier alpha value is -1.79. The van der Waals surface area contributed by atoms with Crippen molar-refractivity contribution in [1.82, 2.24) is 4.90 Å². The molecule has 6 heteroatoms. The van der Waals surface area contributed by atoms with E-state index in [2.05, 4.69) is 0 Å². The monoisotopic (exact) mass is 266 g/mol. The smallest absolute Gasteiger partial charge is 0.254 e. The van der Waals surface area contributed by atoms with Gasteiger partial charge in [-0.1, -0.05) is 0 Å². The fourth-order valence-electron chi connectivity index (χ4n) is 2.05. The van der Waals surface area contributed by atoms with Crippen molar-refractivity contribution in [2.75, 3.05) is 33.4 Å². The summed E-state index contributed by atoms with van der Waals surface area (Å²) in [6, 6.07) is 4.62. The van der Waals surface area contributed by atoms with Gasteiger partial charge in [-0.25, -0.2) is 0 Å². The van der Waals surface area contributed by atoms with Crippen LogP contribution < -0.4 is 10.5 Å². The molecule has 19 heavy (non-hydrogen) atoms. The maximum atomic E-state index is 12.3. The number of phenolic OH excluding ortho intramolecular Hbond substituents is 1. The molecule has 1 heterocycles. The van der Waals surface area contributed by atoms with Gasteiger partial charge >= 0.3 is 0 Å². The van der Waals surface area contributed by atoms with Crippen LogP contribution in [0.4, 0.5) is 0 Å². The Bertz CT molecular complexity index is 464. The second-order valence-electron chi connectivity index (χ2n) is 4.37. The number of nitrogens with two attached hydrogens (primary N) is 1. The van der Waals surface area contributed by atoms with Gasteiger partial charge < -0.3 is 25.2 Å². The highest BCUT2D eigenvalue weighted by atomic mass is 16.5. The number of methoxy groups -OCH3 is 1. The predicted molar refractivity (Wildman–Crippen MR) is 69.4 cm³/mol. The lowest BCUT2D eigenvalue weighted by atomic mass is 10.1. The summed E-state index contributed by atoms with van der Waals surface area (Å²) in [7, 11) is 1.46. The summed E-state index contributed by atoms with van der Waals surface area (Å²) in [4.78, 5) is 14.0. The number of benzene rings is 1. The molecule has 104 valence electrons. The van der Waals surface area contributed by atoms with E-state index in [0.29, 0.717) is 37.6 Å². The average molecular weight is 266 g/mol. The molecule has 1 fully saturated rings. The quantitative estimate of drug-likeness (QED) is 0.816. The second kappa shape index (κ2) is 5.90. The van der Waals surface area contributed by atoms with Crippen molar-refractivity contribution in [2.45, 2.75) is 6.10 Å². The van der Waals surface area contributed by atoms with Crippen LogP contribution in [0.5, 0.6) is 11.5 Å². The van der Waals surface area contributed by atoms with Gasteiger partial charge in [0.1, 0.15) is 0 Å². The van der Waals surface area contributed by atoms with Crippen molar-refractivity contribution in [3.8, 4) is 11.5 Å². The molecule has 0 aliphatic carbocycles. The molecule has 2 rings (SSSR count). The number of morpholine rings is 1. The van der Waals surface area contributed by atoms with Crippen LogP contribution in [0.3, 0.4) is 0 Å². The first kappa shape index (κ1) is 13.6. The number of ether oxygens (including phenoxy) is 2. The Balaban J connectivity index is 2.12. The summed E-state index contributed by atoms with van der Waals surface area (Å²) >= 11 is 0. The highest BCUT2D eigenvalue weighted by Crippen LogP contribution is 2.27. The lowest BCUT2D eigenvalue weighted by Crippen LogP contribution is -2.48. The molecular formula is C13H18N2O4. The number of carbonyl (C=O) groups is 1. The summed E-state index contributed by atoms with van der Waals surface area (Å²) in [6.07, 6.45) is -0.121. The van der Waals surface area contributed by atoms with Crippen molar-refractivity contribution < 1.29 is 19.4 Å². The third kappa shape index (κ3) is 2.97. The van der Waals surface area contributed by atoms with Crippen molar-refractivity contribution in [1.29, 1.82) is 0 Å². The number of phenols is 1. The third-order valence-electron chi connectivity index (χ3n) is 3.11. The maximum absolute atomic E-state index is 12.3. The van der Waals surface area contributed by atoms with Crippen molar-refractivity contribution in [3.05, 3.63) is 23.8 Å². The van der Waals surface area contributed by atoms with E-state index in [4.69, 9.17) is 15.2 Å². The molecule has 0 saturated carbocycles. The Kier molecular flexibility index (Phi) is 4.24. The zero-order chi connectivity index (χ0) is 13.8. The molecule has 6 nitrogen and oxygen atoms in total. The van der Waals surface area contributed by atoms with Gasteiger partial charge in [0.25, 0.3) is 5.91 Å². The first-order valence-corrected chi connectivity index (χ1v) is 6.13. The number of hydrogen-bond acceptors (Lipinski definition) is 5. The van der Waals surface area contributed by atoms with Gasteiger partial charge in [-0.05, 0) is 18.2 Å². The molecule has 1 amide bonds. The number of aromatic hydroxyl groups is 1. The first-order chi connectivity index (χ1) is 9.15. The standard InChI is InChI=1S/C13H18N2O4/c1-18-12-3-2-9(6-11(12)16)13(17)15-4-5-19-10(7-14)8-15/h2-3,6,10,16H,4-5,7-8,14H2,1H3. The SMILES string of the molecule is COc1ccc(C(=O)N2CCOC(CN)C2)cc1O. The summed E-state index contributed by atoms with van der Waals surface area (Å²) < 4.78 is 10.4. The van der Waals surface area contributed by atoms with Gasteiger partial charge in [0, 0.05) is 25.2 Å². The molecule has 0 radical (unpaired) electrons. The largest absolute Gasteiger partial charge is 0.504 e. The van der Waals surface area contributed by atoms with Gasteiger partial charge in [0.2, 0.25) is 0 Å². The van der Waals surface area contributed by atoms with E-state index in [0.717, 1.165) is 0 Å². The van der Waals surface area contributed by atoms with E-state index < -0.39 is 0 Å². The topological polar surface area (TPSA) is 85.0 Å². The Morgan fingerprint density at radius 2 is 2.42 bits per heavy atom. The van der Waals surface area contributed by atoms with E-state index >= 15 is 0 Å². The summed E-state index contributed by atoms with van der Waals surface area (Å²) in [6.45, 7) is 1.87. The third-order valence-corrected chi connectivity index (χ3v) is 3.11. The summed E-state index contributed by atoms with van der Waals surface area (Å²) in [5, 5.41) is 9.70. The molecule has 1 aliphatic heterocycles. The van der Waals surface area contributed by atoms with Crippen LogP contribution in [0.2, 0.25) is 0 Å². The molecule has 1 aliphatic rings. The van der Waals surface area contributed by atoms with Crippen LogP contribution in [0.1, 0.15) is 10.4 Å². The van der Waals surface area contributed by atoms with Gasteiger partial charge in [-0.2, -0.15) is 0 Å². The van der Waals surface area contributed by atoms with E-state index in [-0.39, 0.29) is 17.8 Å². The van der Waals surface area contributed by atoms with Gasteiger partial charge in [-0.3, -0.25) is 4.79 Å². The van der Waals surface area contributed by atoms with E-state index in [1.54, 1.807) is 17.0 Å². The molecule has 0 bridgehead atoms. The molecule has 1 aromatic carbocycles. The lowest BCUT2D eigenvalue weighted by Gasteiger charge is -2.32. The minimum absolute atomic E-state index is 0.0445. The number of amides is 1. The predicted octanol–water partition coefficient (Wildman–Crippen LogP) is 0.201. The highest BCUT2D eigenvalue weighted by Gasteiger charge is 2.24. The molecule has 1 saturated heterocycles. The first-order valence-electron chi connectivity index (χ1n) is 6.13. The molecule has 0 aromatic heterocycles. The molecule has 3 N–H and O–H groups in total. The van der Waals surface area contributed by atoms with Crippen LogP contribution >= 0.6 is 0 Å². The Morgan fingerprint density at radius 1 is 1.63 bits per heavy atom. The molecule has 0 spiro atoms. The summed E-state index contributed by atoms with van der Waals surface area (Å²) in [5.41, 5.74) is 5.97. The number of carbonyl (C=O) groups excluding carboxylic acids is 1. The van der Waals surface area contributed by atoms with Crippen LogP contribution in [0, 0.1) is 0 Å². The Labute approximate surface area is 111 Å². The second-order valence-corrected chi connectivity index (χ2v) is 4.37. The number of rotatable bonds is 3. The van der Waals surface area contributed by atoms with Crippen molar-refractivity contribution in [2.24, 2.45) is 5.73 Å². The minimum atomic E-state index is -0.139. The molecule has 1 atom stereocenters. The van der Waals surface area contributed by atoms with Gasteiger partial charge in [0.05, 0.1) is 19.8 Å². The highest BCUT2D eigenvalue weighted by molar-refractivity contribution is 5.95. The number of nitrogens with zero attached hydrogens (tertiary/aromatic N) is 1. The van der Waals surface area contributed by atoms with Crippen molar-refractivity contribution >= 4 is 5.91 Å². The van der Waals surface area contributed by atoms with E-state index in [9.17, 15) is 9.90 Å².